The van der Waals surface area contributed by atoms with E-state index in [-0.39, 0.29) is 0 Å². The minimum absolute atomic E-state index is 0.550. The van der Waals surface area contributed by atoms with Crippen LogP contribution in [0.4, 0.5) is 0 Å². The Morgan fingerprint density at radius 2 is 2.07 bits per heavy atom. The molecule has 0 bridgehead atoms. The van der Waals surface area contributed by atoms with Crippen molar-refractivity contribution in [2.75, 3.05) is 13.7 Å². The number of halogens is 1. The minimum Gasteiger partial charge on any atom is -0.487 e. The summed E-state index contributed by atoms with van der Waals surface area (Å²) in [6.45, 7) is 2.52. The second-order valence-corrected chi connectivity index (χ2v) is 3.24. The molecule has 1 aromatic rings. The average Bonchev–Trinajstić information content (AvgIpc) is 2.22. The zero-order valence-electron chi connectivity index (χ0n) is 8.38. The zero-order valence-corrected chi connectivity index (χ0v) is 9.14. The molecule has 0 heterocycles. The van der Waals surface area contributed by atoms with E-state index < -0.39 is 0 Å². The maximum Gasteiger partial charge on any atom is 0.127 e. The molecule has 1 rings (SSSR count). The summed E-state index contributed by atoms with van der Waals surface area (Å²) in [6.07, 6.45) is 1.98. The molecule has 0 saturated heterocycles. The number of ether oxygens (including phenoxy) is 1. The van der Waals surface area contributed by atoms with Crippen LogP contribution in [0.1, 0.15) is 6.92 Å². The van der Waals surface area contributed by atoms with E-state index in [4.69, 9.17) is 16.3 Å². The number of hydrogen-bond donors (Lipinski definition) is 1. The molecule has 1 aromatic carbocycles. The van der Waals surface area contributed by atoms with E-state index in [0.717, 1.165) is 16.5 Å². The summed E-state index contributed by atoms with van der Waals surface area (Å²) >= 11 is 5.75. The third-order valence-corrected chi connectivity index (χ3v) is 2.13. The summed E-state index contributed by atoms with van der Waals surface area (Å²) in [5.74, 6) is 0.823. The number of likely N-dealkylation sites (N-methyl/N-ethyl adjacent to an activating group) is 1. The van der Waals surface area contributed by atoms with E-state index in [2.05, 4.69) is 5.32 Å². The summed E-state index contributed by atoms with van der Waals surface area (Å²) in [4.78, 5) is 0. The second-order valence-electron chi connectivity index (χ2n) is 2.81. The van der Waals surface area contributed by atoms with Crippen LogP contribution in [0.5, 0.6) is 5.75 Å². The van der Waals surface area contributed by atoms with E-state index in [9.17, 15) is 0 Å². The maximum absolute atomic E-state index is 5.75. The lowest BCUT2D eigenvalue weighted by atomic mass is 10.3. The van der Waals surface area contributed by atoms with Crippen LogP contribution in [0.25, 0.3) is 0 Å². The topological polar surface area (TPSA) is 21.3 Å². The summed E-state index contributed by atoms with van der Waals surface area (Å²) < 4.78 is 5.52. The van der Waals surface area contributed by atoms with Gasteiger partial charge >= 0.3 is 0 Å². The Kier molecular flexibility index (Phi) is 4.33. The number of allylic oxidation sites excluding steroid dienone is 1. The minimum atomic E-state index is 0.550. The molecular formula is C11H14ClNO. The number of benzene rings is 1. The molecule has 0 radical (unpaired) electrons. The van der Waals surface area contributed by atoms with Gasteiger partial charge in [0.05, 0.1) is 0 Å². The summed E-state index contributed by atoms with van der Waals surface area (Å²) in [7, 11) is 1.88. The first kappa shape index (κ1) is 10.9. The highest BCUT2D eigenvalue weighted by atomic mass is 35.5. The summed E-state index contributed by atoms with van der Waals surface area (Å²) in [5, 5.41) is 3.76. The van der Waals surface area contributed by atoms with E-state index in [1.54, 1.807) is 0 Å². The third-order valence-electron chi connectivity index (χ3n) is 1.88. The molecule has 0 aliphatic carbocycles. The predicted octanol–water partition coefficient (Wildman–Crippen LogP) is 2.84. The van der Waals surface area contributed by atoms with Crippen LogP contribution in [0.2, 0.25) is 5.02 Å². The Morgan fingerprint density at radius 3 is 2.57 bits per heavy atom. The molecule has 1 N–H and O–H groups in total. The molecule has 0 aromatic heterocycles. The summed E-state index contributed by atoms with van der Waals surface area (Å²) in [6, 6.07) is 7.33. The lowest BCUT2D eigenvalue weighted by Gasteiger charge is -2.08. The highest BCUT2D eigenvalue weighted by Crippen LogP contribution is 2.15. The molecule has 0 aliphatic rings. The van der Waals surface area contributed by atoms with Crippen molar-refractivity contribution in [3.8, 4) is 5.75 Å². The first-order valence-corrected chi connectivity index (χ1v) is 4.85. The van der Waals surface area contributed by atoms with Crippen molar-refractivity contribution in [3.63, 3.8) is 0 Å². The van der Waals surface area contributed by atoms with Gasteiger partial charge in [-0.25, -0.2) is 0 Å². The van der Waals surface area contributed by atoms with Crippen molar-refractivity contribution in [1.82, 2.24) is 5.32 Å². The van der Waals surface area contributed by atoms with Crippen molar-refractivity contribution >= 4 is 11.6 Å². The summed E-state index contributed by atoms with van der Waals surface area (Å²) in [5.41, 5.74) is 1.06. The largest absolute Gasteiger partial charge is 0.487 e. The van der Waals surface area contributed by atoms with E-state index in [1.165, 1.54) is 0 Å². The molecule has 0 saturated carbocycles. The van der Waals surface area contributed by atoms with Crippen molar-refractivity contribution in [2.24, 2.45) is 0 Å². The molecule has 0 aliphatic heterocycles. The Hall–Kier alpha value is -1.15. The monoisotopic (exact) mass is 211 g/mol. The van der Waals surface area contributed by atoms with Crippen LogP contribution in [0, 0.1) is 0 Å². The van der Waals surface area contributed by atoms with Crippen molar-refractivity contribution in [2.45, 2.75) is 6.92 Å². The van der Waals surface area contributed by atoms with E-state index in [1.807, 2.05) is 44.3 Å². The highest BCUT2D eigenvalue weighted by Gasteiger charge is 1.95. The standard InChI is InChI=1S/C11H14ClNO/c1-3-10(13-2)8-14-11-6-4-9(12)5-7-11/h3-7,13H,8H2,1-2H3/b10-3-. The van der Waals surface area contributed by atoms with Gasteiger partial charge in [-0.3, -0.25) is 0 Å². The van der Waals surface area contributed by atoms with Gasteiger partial charge in [0.15, 0.2) is 0 Å². The lowest BCUT2D eigenvalue weighted by Crippen LogP contribution is -2.13. The molecule has 76 valence electrons. The van der Waals surface area contributed by atoms with Crippen LogP contribution in [-0.4, -0.2) is 13.7 Å². The molecule has 0 fully saturated rings. The Labute approximate surface area is 89.5 Å². The normalized spacial score (nSPS) is 11.2. The second kappa shape index (κ2) is 5.55. The lowest BCUT2D eigenvalue weighted by molar-refractivity contribution is 0.344. The van der Waals surface area contributed by atoms with Gasteiger partial charge in [0, 0.05) is 17.8 Å². The Morgan fingerprint density at radius 1 is 1.43 bits per heavy atom. The smallest absolute Gasteiger partial charge is 0.127 e. The molecule has 0 amide bonds. The molecule has 14 heavy (non-hydrogen) atoms. The molecule has 0 atom stereocenters. The van der Waals surface area contributed by atoms with Gasteiger partial charge in [-0.1, -0.05) is 17.7 Å². The van der Waals surface area contributed by atoms with Gasteiger partial charge in [0.1, 0.15) is 12.4 Å². The van der Waals surface area contributed by atoms with E-state index in [0.29, 0.717) is 6.61 Å². The first-order chi connectivity index (χ1) is 6.76. The molecule has 3 heteroatoms. The van der Waals surface area contributed by atoms with Gasteiger partial charge in [-0.2, -0.15) is 0 Å². The molecule has 2 nitrogen and oxygen atoms in total. The maximum atomic E-state index is 5.75. The Bertz CT molecular complexity index is 306. The predicted molar refractivity (Wildman–Crippen MR) is 59.8 cm³/mol. The zero-order chi connectivity index (χ0) is 10.4. The van der Waals surface area contributed by atoms with Crippen molar-refractivity contribution < 1.29 is 4.74 Å². The van der Waals surface area contributed by atoms with Gasteiger partial charge < -0.3 is 10.1 Å². The fourth-order valence-corrected chi connectivity index (χ4v) is 1.12. The van der Waals surface area contributed by atoms with Crippen molar-refractivity contribution in [1.29, 1.82) is 0 Å². The van der Waals surface area contributed by atoms with Crippen LogP contribution in [0.15, 0.2) is 36.0 Å². The number of rotatable bonds is 4. The van der Waals surface area contributed by atoms with Gasteiger partial charge in [-0.15, -0.1) is 0 Å². The van der Waals surface area contributed by atoms with E-state index >= 15 is 0 Å². The molecule has 0 spiro atoms. The molecule has 0 unspecified atom stereocenters. The highest BCUT2D eigenvalue weighted by molar-refractivity contribution is 6.30. The number of nitrogens with one attached hydrogen (secondary N) is 1. The quantitative estimate of drug-likeness (QED) is 0.827. The third kappa shape index (κ3) is 3.30. The number of hydrogen-bond acceptors (Lipinski definition) is 2. The first-order valence-electron chi connectivity index (χ1n) is 4.47. The van der Waals surface area contributed by atoms with Gasteiger partial charge in [-0.05, 0) is 31.2 Å². The van der Waals surface area contributed by atoms with Crippen LogP contribution < -0.4 is 10.1 Å². The van der Waals surface area contributed by atoms with Crippen LogP contribution >= 0.6 is 11.6 Å². The van der Waals surface area contributed by atoms with Gasteiger partial charge in [0.25, 0.3) is 0 Å². The fraction of sp³-hybridized carbons (Fsp3) is 0.273. The Balaban J connectivity index is 2.49. The fourth-order valence-electron chi connectivity index (χ4n) is 0.992. The average molecular weight is 212 g/mol. The van der Waals surface area contributed by atoms with Gasteiger partial charge in [0.2, 0.25) is 0 Å². The molecular weight excluding hydrogens is 198 g/mol. The SMILES string of the molecule is C/C=C(/COc1ccc(Cl)cc1)NC. The van der Waals surface area contributed by atoms with Crippen molar-refractivity contribution in [3.05, 3.63) is 41.1 Å². The van der Waals surface area contributed by atoms with Crippen LogP contribution in [-0.2, 0) is 0 Å². The van der Waals surface area contributed by atoms with Crippen LogP contribution in [0.3, 0.4) is 0 Å².